The average molecular weight is 605 g/mol. The Labute approximate surface area is 238 Å². The minimum Gasteiger partial charge on any atom is -0.484 e. The van der Waals surface area contributed by atoms with Crippen LogP contribution in [0.4, 0.5) is 5.69 Å². The van der Waals surface area contributed by atoms with Crippen molar-refractivity contribution in [1.82, 2.24) is 9.88 Å². The molecule has 38 heavy (non-hydrogen) atoms. The fraction of sp³-hybridized carbons (Fsp3) is 0.429. The predicted octanol–water partition coefficient (Wildman–Crippen LogP) is 4.63. The molecule has 2 aromatic carbocycles. The predicted molar refractivity (Wildman–Crippen MR) is 153 cm³/mol. The van der Waals surface area contributed by atoms with Crippen LogP contribution in [0.25, 0.3) is 0 Å². The van der Waals surface area contributed by atoms with Gasteiger partial charge >= 0.3 is 0 Å². The van der Waals surface area contributed by atoms with Gasteiger partial charge in [-0.2, -0.15) is 13.5 Å². The van der Waals surface area contributed by atoms with Crippen LogP contribution in [0.1, 0.15) is 45.8 Å². The topological polar surface area (TPSA) is 97.1 Å². The lowest BCUT2D eigenvalue weighted by atomic mass is 9.98. The molecule has 0 spiro atoms. The van der Waals surface area contributed by atoms with Gasteiger partial charge in [0.2, 0.25) is 0 Å². The summed E-state index contributed by atoms with van der Waals surface area (Å²) in [6.45, 7) is 5.73. The van der Waals surface area contributed by atoms with Crippen LogP contribution in [-0.2, 0) is 24.3 Å². The van der Waals surface area contributed by atoms with Crippen molar-refractivity contribution in [2.75, 3.05) is 31.6 Å². The Morgan fingerprint density at radius 3 is 2.89 bits per heavy atom. The molecule has 204 valence electrons. The van der Waals surface area contributed by atoms with Crippen LogP contribution in [0.3, 0.4) is 0 Å². The van der Waals surface area contributed by atoms with E-state index in [1.54, 1.807) is 0 Å². The maximum Gasteiger partial charge on any atom is 0.181 e. The van der Waals surface area contributed by atoms with Crippen molar-refractivity contribution in [1.29, 1.82) is 0 Å². The molecule has 0 radical (unpaired) electrons. The summed E-state index contributed by atoms with van der Waals surface area (Å²) in [6.07, 6.45) is 2.48. The molecule has 2 N–H and O–H groups in total. The lowest BCUT2D eigenvalue weighted by Crippen LogP contribution is -2.40. The van der Waals surface area contributed by atoms with Crippen molar-refractivity contribution < 1.29 is 23.8 Å². The molecule has 2 aliphatic heterocycles. The number of rotatable bonds is 11. The quantitative estimate of drug-likeness (QED) is 0.306. The Morgan fingerprint density at radius 1 is 1.32 bits per heavy atom. The summed E-state index contributed by atoms with van der Waals surface area (Å²) in [7, 11) is 0. The molecule has 8 nitrogen and oxygen atoms in total. The number of nitrogens with one attached hydrogen (secondary N) is 1. The third kappa shape index (κ3) is 6.98. The first-order valence-electron chi connectivity index (χ1n) is 12.7. The second-order valence-corrected chi connectivity index (χ2v) is 10.5. The van der Waals surface area contributed by atoms with E-state index < -0.39 is 6.10 Å². The Balaban J connectivity index is 0.00000336. The van der Waals surface area contributed by atoms with Gasteiger partial charge in [-0.3, -0.25) is 9.69 Å². The van der Waals surface area contributed by atoms with Crippen LogP contribution in [0.2, 0.25) is 0 Å². The molecule has 1 saturated heterocycles. The first-order valence-corrected chi connectivity index (χ1v) is 13.5. The Hall–Kier alpha value is -2.37. The van der Waals surface area contributed by atoms with Gasteiger partial charge in [0.25, 0.3) is 0 Å². The van der Waals surface area contributed by atoms with Gasteiger partial charge in [0.05, 0.1) is 35.5 Å². The molecule has 0 unspecified atom stereocenters. The van der Waals surface area contributed by atoms with Crippen molar-refractivity contribution in [3.8, 4) is 5.75 Å². The van der Waals surface area contributed by atoms with Crippen molar-refractivity contribution >= 4 is 40.9 Å². The molecule has 10 heteroatoms. The number of ether oxygens (including phenoxy) is 2. The maximum atomic E-state index is 12.7. The monoisotopic (exact) mass is 603 g/mol. The minimum absolute atomic E-state index is 0. The summed E-state index contributed by atoms with van der Waals surface area (Å²) in [6, 6.07) is 11.9. The van der Waals surface area contributed by atoms with Gasteiger partial charge in [-0.05, 0) is 65.0 Å². The van der Waals surface area contributed by atoms with Crippen LogP contribution < -0.4 is 10.1 Å². The van der Waals surface area contributed by atoms with Crippen LogP contribution in [-0.4, -0.2) is 59.2 Å². The third-order valence-corrected chi connectivity index (χ3v) is 7.82. The van der Waals surface area contributed by atoms with Gasteiger partial charge in [-0.15, -0.1) is 0 Å². The maximum absolute atomic E-state index is 12.7. The minimum atomic E-state index is -0.560. The van der Waals surface area contributed by atoms with Crippen LogP contribution in [0.15, 0.2) is 51.7 Å². The average Bonchev–Trinajstić information content (AvgIpc) is 3.29. The van der Waals surface area contributed by atoms with Crippen molar-refractivity contribution in [3.05, 3.63) is 75.4 Å². The first kappa shape index (κ1) is 28.6. The molecule has 0 aliphatic carbocycles. The number of β-amino-alcohol motifs (C(OH)–C–C–N with tert-alkyl or cyclic N) is 1. The molecule has 0 bridgehead atoms. The van der Waals surface area contributed by atoms with E-state index >= 15 is 0 Å². The van der Waals surface area contributed by atoms with Gasteiger partial charge in [0, 0.05) is 37.3 Å². The fourth-order valence-electron chi connectivity index (χ4n) is 4.69. The van der Waals surface area contributed by atoms with Crippen LogP contribution >= 0.6 is 29.4 Å². The van der Waals surface area contributed by atoms with Crippen LogP contribution in [0.5, 0.6) is 5.75 Å². The number of aromatic nitrogens is 1. The number of carbonyl (C=O) groups excluding carboxylic acids is 1. The molecule has 2 aliphatic rings. The number of aliphatic hydroxyl groups excluding tert-OH is 1. The lowest BCUT2D eigenvalue weighted by Gasteiger charge is -2.31. The van der Waals surface area contributed by atoms with E-state index in [9.17, 15) is 9.90 Å². The normalized spacial score (nSPS) is 16.2. The molecular formula is C28H34BrN3O5S. The van der Waals surface area contributed by atoms with Gasteiger partial charge in [-0.25, -0.2) is 4.98 Å². The smallest absolute Gasteiger partial charge is 0.181 e. The number of nitrogens with zero attached hydrogens (tertiary/aromatic N) is 2. The zero-order valence-electron chi connectivity index (χ0n) is 21.4. The fourth-order valence-corrected chi connectivity index (χ4v) is 5.39. The molecule has 1 aromatic heterocycles. The second kappa shape index (κ2) is 13.1. The van der Waals surface area contributed by atoms with E-state index in [1.807, 2.05) is 37.3 Å². The highest BCUT2D eigenvalue weighted by molar-refractivity contribution is 9.10. The summed E-state index contributed by atoms with van der Waals surface area (Å²) < 4.78 is 17.5. The number of hydrogen-bond donors (Lipinski definition) is 2. The zero-order chi connectivity index (χ0) is 25.8. The number of carbonyl (C=O) groups is 1. The van der Waals surface area contributed by atoms with Crippen molar-refractivity contribution in [3.63, 3.8) is 0 Å². The molecule has 5 rings (SSSR count). The molecule has 0 amide bonds. The zero-order valence-corrected chi connectivity index (χ0v) is 24.0. The van der Waals surface area contributed by atoms with E-state index in [0.29, 0.717) is 50.8 Å². The Kier molecular flexibility index (Phi) is 9.89. The molecule has 3 heterocycles. The SMILES string of the molecule is Cc1ncoc1COc1ccc2c(c1Br)CCN(C[C@@H](O)CCC(=O)c1cccc(NC3COC3)c1)C2.S. The van der Waals surface area contributed by atoms with Crippen LogP contribution in [0, 0.1) is 6.92 Å². The number of ketones is 1. The van der Waals surface area contributed by atoms with Gasteiger partial charge in [0.1, 0.15) is 12.4 Å². The van der Waals surface area contributed by atoms with Crippen molar-refractivity contribution in [2.45, 2.75) is 51.5 Å². The molecular weight excluding hydrogens is 570 g/mol. The number of halogens is 1. The Morgan fingerprint density at radius 2 is 2.16 bits per heavy atom. The number of fused-ring (bicyclic) bond motifs is 1. The van der Waals surface area contributed by atoms with E-state index in [2.05, 4.69) is 37.2 Å². The summed E-state index contributed by atoms with van der Waals surface area (Å²) in [5, 5.41) is 14.0. The Bertz CT molecular complexity index is 1250. The second-order valence-electron chi connectivity index (χ2n) is 9.73. The summed E-state index contributed by atoms with van der Waals surface area (Å²) >= 11 is 3.72. The summed E-state index contributed by atoms with van der Waals surface area (Å²) in [5.74, 6) is 1.55. The van der Waals surface area contributed by atoms with Gasteiger partial charge in [0.15, 0.2) is 17.9 Å². The van der Waals surface area contributed by atoms with E-state index in [0.717, 1.165) is 46.9 Å². The van der Waals surface area contributed by atoms with Gasteiger partial charge < -0.3 is 24.3 Å². The molecule has 1 atom stereocenters. The summed E-state index contributed by atoms with van der Waals surface area (Å²) in [5.41, 5.74) is 4.88. The summed E-state index contributed by atoms with van der Waals surface area (Å²) in [4.78, 5) is 19.1. The number of Topliss-reactive ketones (excluding diaryl/α,β-unsaturated/α-hetero) is 1. The number of anilines is 1. The third-order valence-electron chi connectivity index (χ3n) is 6.95. The highest BCUT2D eigenvalue weighted by Crippen LogP contribution is 2.35. The highest BCUT2D eigenvalue weighted by Gasteiger charge is 2.23. The largest absolute Gasteiger partial charge is 0.484 e. The van der Waals surface area contributed by atoms with E-state index in [-0.39, 0.29) is 19.3 Å². The molecule has 3 aromatic rings. The number of benzene rings is 2. The number of oxazole rings is 1. The number of aliphatic hydroxyl groups is 1. The van der Waals surface area contributed by atoms with E-state index in [1.165, 1.54) is 17.5 Å². The number of hydrogen-bond acceptors (Lipinski definition) is 8. The first-order chi connectivity index (χ1) is 18.0. The highest BCUT2D eigenvalue weighted by atomic mass is 79.9. The lowest BCUT2D eigenvalue weighted by molar-refractivity contribution is 0.0211. The molecule has 1 fully saturated rings. The molecule has 0 saturated carbocycles. The van der Waals surface area contributed by atoms with Crippen molar-refractivity contribution in [2.24, 2.45) is 0 Å². The number of aryl methyl sites for hydroxylation is 1. The van der Waals surface area contributed by atoms with E-state index in [4.69, 9.17) is 13.9 Å². The standard InChI is InChI=1S/C28H32BrN3O5.H2S/c1-18-27(37-17-30-18)16-36-26-8-5-20-12-32(10-9-24(20)28(26)29)13-23(33)6-7-25(34)19-3-2-4-21(11-19)31-22-14-35-15-22;/h2-5,8,11,17,22-23,31,33H,6-7,9-10,12-16H2,1H3;1H2/t23-;/m0./s1. The van der Waals surface area contributed by atoms with Gasteiger partial charge in [-0.1, -0.05) is 18.2 Å².